The molecule has 1 aromatic heterocycles. The van der Waals surface area contributed by atoms with E-state index in [1.165, 1.54) is 56.6 Å². The molecule has 3 aromatic rings. The lowest BCUT2D eigenvalue weighted by molar-refractivity contribution is -1.08. The zero-order valence-electron chi connectivity index (χ0n) is 25.7. The van der Waals surface area contributed by atoms with Gasteiger partial charge in [-0.25, -0.2) is 17.4 Å². The number of hydrogen-bond acceptors (Lipinski definition) is 8. The Morgan fingerprint density at radius 1 is 1.11 bits per heavy atom. The summed E-state index contributed by atoms with van der Waals surface area (Å²) < 4.78 is 69.0. The minimum Gasteiger partial charge on any atom is -0.493 e. The average molecular weight is 695 g/mol. The summed E-state index contributed by atoms with van der Waals surface area (Å²) in [6.07, 6.45) is 2.46. The summed E-state index contributed by atoms with van der Waals surface area (Å²) in [5.74, 6) is -0.569. The van der Waals surface area contributed by atoms with E-state index in [9.17, 15) is 22.3 Å². The quantitative estimate of drug-likeness (QED) is 0.0715. The van der Waals surface area contributed by atoms with E-state index in [0.29, 0.717) is 17.9 Å². The Kier molecular flexibility index (Phi) is 10.4. The van der Waals surface area contributed by atoms with Gasteiger partial charge < -0.3 is 28.9 Å². The number of sulfonamides is 1. The van der Waals surface area contributed by atoms with E-state index in [2.05, 4.69) is 9.71 Å². The number of thiophene rings is 1. The lowest BCUT2D eigenvalue weighted by atomic mass is 10.1. The second kappa shape index (κ2) is 13.9. The zero-order valence-corrected chi connectivity index (χ0v) is 28.3. The third-order valence-corrected chi connectivity index (χ3v) is 13.7. The number of halogens is 1. The van der Waals surface area contributed by atoms with Crippen molar-refractivity contribution in [3.8, 4) is 17.6 Å². The first-order valence-electron chi connectivity index (χ1n) is 15.2. The van der Waals surface area contributed by atoms with Crippen LogP contribution in [0, 0.1) is 24.1 Å². The molecular formula is C30H40FN6O6PS2+2. The molecule has 0 spiro atoms. The van der Waals surface area contributed by atoms with Gasteiger partial charge in [-0.1, -0.05) is 0 Å². The van der Waals surface area contributed by atoms with Crippen LogP contribution in [0.4, 0.5) is 4.39 Å². The summed E-state index contributed by atoms with van der Waals surface area (Å²) in [6.45, 7) is 12.5. The van der Waals surface area contributed by atoms with Gasteiger partial charge in [0.05, 0.1) is 31.6 Å². The van der Waals surface area contributed by atoms with Gasteiger partial charge in [-0.05, 0) is 42.8 Å². The molecule has 12 nitrogen and oxygen atoms in total. The molecule has 1 atom stereocenters. The number of nitrogens with two attached hydrogens (primary N) is 1. The molecule has 2 bridgehead atoms. The predicted octanol–water partition coefficient (Wildman–Crippen LogP) is 3.53. The number of hydrogen-bond donors (Lipinski definition) is 3. The van der Waals surface area contributed by atoms with Crippen LogP contribution in [0.3, 0.4) is 0 Å². The smallest absolute Gasteiger partial charge is 0.391 e. The number of quaternary nitrogens is 2. The molecule has 2 aromatic carbocycles. The fourth-order valence-electron chi connectivity index (χ4n) is 6.37. The van der Waals surface area contributed by atoms with Crippen molar-refractivity contribution in [2.24, 2.45) is 10.7 Å². The minimum atomic E-state index is -4.54. The SMILES string of the molecule is Cc1c(S(=O)(=O)NCP(=O)(O)Oc2ccc(C#N)c(F)c2)sc2ccc(OCCC[N+]34CC[N+](CCCN=CN)(CC3)CC4)cc12. The van der Waals surface area contributed by atoms with Crippen molar-refractivity contribution in [2.75, 3.05) is 71.8 Å². The molecule has 16 heteroatoms. The van der Waals surface area contributed by atoms with Crippen molar-refractivity contribution in [3.63, 3.8) is 0 Å². The van der Waals surface area contributed by atoms with E-state index >= 15 is 0 Å². The number of nitrogens with zero attached hydrogens (tertiary/aromatic N) is 4. The summed E-state index contributed by atoms with van der Waals surface area (Å²) in [5.41, 5.74) is 5.61. The highest BCUT2D eigenvalue weighted by molar-refractivity contribution is 7.92. The van der Waals surface area contributed by atoms with Gasteiger partial charge in [0.15, 0.2) is 0 Å². The van der Waals surface area contributed by atoms with Crippen LogP contribution in [0.25, 0.3) is 10.1 Å². The third-order valence-electron chi connectivity index (χ3n) is 9.09. The molecule has 0 saturated carbocycles. The second-order valence-electron chi connectivity index (χ2n) is 12.0. The molecule has 4 N–H and O–H groups in total. The molecule has 4 heterocycles. The van der Waals surface area contributed by atoms with Crippen LogP contribution < -0.4 is 19.7 Å². The van der Waals surface area contributed by atoms with E-state index in [-0.39, 0.29) is 15.5 Å². The van der Waals surface area contributed by atoms with Gasteiger partial charge in [-0.3, -0.25) is 4.99 Å². The molecule has 0 aliphatic carbocycles. The molecular weight excluding hydrogens is 654 g/mol. The van der Waals surface area contributed by atoms with Crippen LogP contribution in [-0.2, 0) is 14.6 Å². The number of piperazine rings is 3. The molecule has 6 rings (SSSR count). The van der Waals surface area contributed by atoms with Gasteiger partial charge in [0.1, 0.15) is 73.1 Å². The summed E-state index contributed by atoms with van der Waals surface area (Å²) >= 11 is 1.05. The van der Waals surface area contributed by atoms with E-state index in [4.69, 9.17) is 20.3 Å². The molecule has 3 aliphatic heterocycles. The Balaban J connectivity index is 1.13. The van der Waals surface area contributed by atoms with E-state index in [1.807, 2.05) is 18.2 Å². The Hall–Kier alpha value is -3.09. The van der Waals surface area contributed by atoms with E-state index in [1.54, 1.807) is 13.0 Å². The fraction of sp³-hybridized carbons (Fsp3) is 0.467. The van der Waals surface area contributed by atoms with Gasteiger partial charge in [0.2, 0.25) is 0 Å². The summed E-state index contributed by atoms with van der Waals surface area (Å²) in [6, 6.07) is 10.2. The number of aliphatic imine (C=N–C) groups is 1. The highest BCUT2D eigenvalue weighted by Gasteiger charge is 2.48. The topological polar surface area (TPSA) is 164 Å². The van der Waals surface area contributed by atoms with Crippen molar-refractivity contribution in [1.82, 2.24) is 4.72 Å². The summed E-state index contributed by atoms with van der Waals surface area (Å²) in [7, 11) is -8.72. The van der Waals surface area contributed by atoms with Crippen LogP contribution in [-0.4, -0.2) is 100 Å². The average Bonchev–Trinajstić information content (AvgIpc) is 3.38. The molecule has 0 radical (unpaired) electrons. The van der Waals surface area contributed by atoms with E-state index in [0.717, 1.165) is 70.0 Å². The van der Waals surface area contributed by atoms with E-state index < -0.39 is 29.7 Å². The molecule has 1 unspecified atom stereocenters. The highest BCUT2D eigenvalue weighted by Crippen LogP contribution is 2.43. The lowest BCUT2D eigenvalue weighted by Crippen LogP contribution is -2.75. The normalized spacial score (nSPS) is 22.6. The van der Waals surface area contributed by atoms with Crippen LogP contribution in [0.2, 0.25) is 0 Å². The van der Waals surface area contributed by atoms with Crippen LogP contribution >= 0.6 is 18.9 Å². The fourth-order valence-corrected chi connectivity index (χ4v) is 10.7. The first kappa shape index (κ1) is 34.3. The zero-order chi connectivity index (χ0) is 33.0. The van der Waals surface area contributed by atoms with Crippen molar-refractivity contribution in [1.29, 1.82) is 5.26 Å². The summed E-state index contributed by atoms with van der Waals surface area (Å²) in [5, 5.41) is 9.56. The largest absolute Gasteiger partial charge is 0.493 e. The number of benzene rings is 2. The molecule has 3 saturated heterocycles. The number of fused-ring (bicyclic) bond motifs is 4. The first-order valence-corrected chi connectivity index (χ1v) is 19.2. The number of rotatable bonds is 15. The van der Waals surface area contributed by atoms with Crippen molar-refractivity contribution < 1.29 is 40.5 Å². The van der Waals surface area contributed by atoms with Crippen molar-refractivity contribution in [3.05, 3.63) is 53.3 Å². The van der Waals surface area contributed by atoms with Crippen LogP contribution in [0.15, 0.2) is 45.6 Å². The third kappa shape index (κ3) is 7.88. The second-order valence-corrected chi connectivity index (χ2v) is 16.8. The Morgan fingerprint density at radius 2 is 1.76 bits per heavy atom. The van der Waals surface area contributed by atoms with Crippen molar-refractivity contribution >= 4 is 45.4 Å². The number of aryl methyl sites for hydroxylation is 1. The van der Waals surface area contributed by atoms with Gasteiger partial charge in [-0.15, -0.1) is 11.3 Å². The first-order chi connectivity index (χ1) is 21.9. The monoisotopic (exact) mass is 694 g/mol. The molecule has 248 valence electrons. The lowest BCUT2D eigenvalue weighted by Gasteiger charge is -2.55. The molecule has 46 heavy (non-hydrogen) atoms. The number of ether oxygens (including phenoxy) is 1. The van der Waals surface area contributed by atoms with Crippen LogP contribution in [0.5, 0.6) is 11.5 Å². The Labute approximate surface area is 272 Å². The Bertz CT molecular complexity index is 1790. The highest BCUT2D eigenvalue weighted by atomic mass is 32.2. The van der Waals surface area contributed by atoms with Gasteiger partial charge in [0, 0.05) is 35.5 Å². The predicted molar refractivity (Wildman–Crippen MR) is 175 cm³/mol. The van der Waals surface area contributed by atoms with Gasteiger partial charge in [0.25, 0.3) is 10.0 Å². The number of nitriles is 1. The number of nitrogens with one attached hydrogen (secondary N) is 1. The van der Waals surface area contributed by atoms with Gasteiger partial charge >= 0.3 is 7.60 Å². The maximum absolute atomic E-state index is 13.9. The van der Waals surface area contributed by atoms with Crippen molar-refractivity contribution in [2.45, 2.75) is 24.0 Å². The molecule has 3 aliphatic rings. The maximum atomic E-state index is 13.9. The molecule has 3 fully saturated rings. The standard InChI is InChI=1S/C30H39FN6O6PS2/c1-23-27-18-25(42-17-3-10-37-14-11-36(12-15-37,13-16-37)9-2-8-34-21-33)6-7-29(27)45-30(23)46(40,41)35-22-44(38,39)43-26-5-4-24(20-32)28(31)19-26/h4-7,18-19,21,35H,2-3,8-17,22H2,1H3,(H2-,33,34,38,39)/q+1/p+1. The minimum absolute atomic E-state index is 0.0108. The Morgan fingerprint density at radius 3 is 2.39 bits per heavy atom. The van der Waals surface area contributed by atoms with Crippen LogP contribution in [0.1, 0.15) is 24.0 Å². The maximum Gasteiger partial charge on any atom is 0.391 e. The molecule has 0 amide bonds. The summed E-state index contributed by atoms with van der Waals surface area (Å²) in [4.78, 5) is 14.4. The van der Waals surface area contributed by atoms with Gasteiger partial charge in [-0.2, -0.15) is 9.98 Å².